The number of carbonyl (C=O) groups excluding carboxylic acids is 2. The Balaban J connectivity index is 1.64. The molecule has 2 atom stereocenters. The van der Waals surface area contributed by atoms with Gasteiger partial charge in [0.1, 0.15) is 0 Å². The topological polar surface area (TPSA) is 58.6 Å². The number of rotatable bonds is 6. The summed E-state index contributed by atoms with van der Waals surface area (Å²) in [5, 5.41) is 2.98. The zero-order chi connectivity index (χ0) is 22.6. The summed E-state index contributed by atoms with van der Waals surface area (Å²) < 4.78 is 43.6. The van der Waals surface area contributed by atoms with E-state index in [0.29, 0.717) is 24.1 Å². The van der Waals surface area contributed by atoms with Gasteiger partial charge < -0.3 is 10.1 Å². The Labute approximate surface area is 179 Å². The lowest BCUT2D eigenvalue weighted by atomic mass is 10.1. The molecule has 0 bridgehead atoms. The van der Waals surface area contributed by atoms with Gasteiger partial charge in [0.2, 0.25) is 5.91 Å². The number of hydrogen-bond donors (Lipinski definition) is 1. The predicted molar refractivity (Wildman–Crippen MR) is 109 cm³/mol. The van der Waals surface area contributed by atoms with E-state index < -0.39 is 23.8 Å². The highest BCUT2D eigenvalue weighted by Crippen LogP contribution is 2.30. The fraction of sp³-hybridized carbons (Fsp3) is 0.391. The molecule has 1 amide bonds. The molecule has 1 heterocycles. The van der Waals surface area contributed by atoms with E-state index in [0.717, 1.165) is 24.1 Å². The second-order valence-electron chi connectivity index (χ2n) is 7.67. The molecule has 31 heavy (non-hydrogen) atoms. The van der Waals surface area contributed by atoms with Crippen LogP contribution < -0.4 is 5.32 Å². The molecule has 0 aromatic heterocycles. The molecule has 3 rings (SSSR count). The molecule has 0 saturated carbocycles. The molecule has 2 aromatic carbocycles. The Morgan fingerprint density at radius 3 is 2.55 bits per heavy atom. The molecule has 1 saturated heterocycles. The fourth-order valence-electron chi connectivity index (χ4n) is 3.81. The largest absolute Gasteiger partial charge is 0.465 e. The molecule has 1 N–H and O–H groups in total. The third kappa shape index (κ3) is 5.64. The minimum absolute atomic E-state index is 0.158. The quantitative estimate of drug-likeness (QED) is 0.688. The second-order valence-corrected chi connectivity index (χ2v) is 7.67. The zero-order valence-corrected chi connectivity index (χ0v) is 17.4. The number of ether oxygens (including phenoxy) is 1. The summed E-state index contributed by atoms with van der Waals surface area (Å²) in [6.07, 6.45) is -2.94. The van der Waals surface area contributed by atoms with Crippen molar-refractivity contribution in [2.45, 2.75) is 44.6 Å². The molecule has 8 heteroatoms. The molecule has 1 aliphatic heterocycles. The van der Waals surface area contributed by atoms with E-state index in [1.54, 1.807) is 30.3 Å². The lowest BCUT2D eigenvalue weighted by Crippen LogP contribution is -2.43. The van der Waals surface area contributed by atoms with Gasteiger partial charge >= 0.3 is 12.1 Å². The number of likely N-dealkylation sites (tertiary alicyclic amines) is 1. The highest BCUT2D eigenvalue weighted by atomic mass is 19.4. The minimum atomic E-state index is -4.39. The smallest absolute Gasteiger partial charge is 0.416 e. The van der Waals surface area contributed by atoms with Crippen LogP contribution in [0.15, 0.2) is 48.5 Å². The molecule has 1 unspecified atom stereocenters. The van der Waals surface area contributed by atoms with E-state index in [1.807, 2.05) is 11.8 Å². The fourth-order valence-corrected chi connectivity index (χ4v) is 3.81. The highest BCUT2D eigenvalue weighted by Gasteiger charge is 2.33. The number of hydrogen-bond acceptors (Lipinski definition) is 4. The first-order valence-electron chi connectivity index (χ1n) is 10.1. The van der Waals surface area contributed by atoms with Gasteiger partial charge in [0.15, 0.2) is 0 Å². The van der Waals surface area contributed by atoms with Crippen molar-refractivity contribution in [3.05, 3.63) is 70.8 Å². The van der Waals surface area contributed by atoms with Crippen molar-refractivity contribution in [2.24, 2.45) is 0 Å². The Bertz CT molecular complexity index is 928. The first kappa shape index (κ1) is 22.8. The van der Waals surface area contributed by atoms with Crippen LogP contribution in [-0.4, -0.2) is 36.5 Å². The number of alkyl halides is 3. The highest BCUT2D eigenvalue weighted by molar-refractivity contribution is 5.89. The number of carbonyl (C=O) groups is 2. The van der Waals surface area contributed by atoms with E-state index in [2.05, 4.69) is 10.1 Å². The molecule has 1 fully saturated rings. The molecule has 5 nitrogen and oxygen atoms in total. The molecule has 0 aliphatic carbocycles. The Hall–Kier alpha value is -2.87. The van der Waals surface area contributed by atoms with Crippen molar-refractivity contribution < 1.29 is 27.5 Å². The van der Waals surface area contributed by atoms with Crippen molar-refractivity contribution in [3.8, 4) is 0 Å². The van der Waals surface area contributed by atoms with Crippen LogP contribution in [-0.2, 0) is 22.3 Å². The normalized spacial score (nSPS) is 17.9. The standard InChI is InChI=1S/C23H25F3N2O3/c1-15(17-8-10-18(11-9-17)22(30)31-2)27-21(29)20-7-4-12-28(20)14-16-5-3-6-19(13-16)23(24,25)26/h3,5-6,8-11,13,15,20H,4,7,12,14H2,1-2H3,(H,27,29)/t15-,20?/m0/s1. The number of esters is 1. The van der Waals surface area contributed by atoms with Crippen molar-refractivity contribution in [3.63, 3.8) is 0 Å². The van der Waals surface area contributed by atoms with Crippen molar-refractivity contribution in [1.82, 2.24) is 10.2 Å². The summed E-state index contributed by atoms with van der Waals surface area (Å²) in [6, 6.07) is 11.3. The lowest BCUT2D eigenvalue weighted by molar-refractivity contribution is -0.137. The molecule has 0 radical (unpaired) electrons. The Kier molecular flexibility index (Phi) is 7.00. The maximum Gasteiger partial charge on any atom is 0.416 e. The van der Waals surface area contributed by atoms with E-state index >= 15 is 0 Å². The molecule has 166 valence electrons. The molecule has 1 aliphatic rings. The van der Waals surface area contributed by atoms with Gasteiger partial charge in [0.25, 0.3) is 0 Å². The predicted octanol–water partition coefficient (Wildman–Crippen LogP) is 4.33. The van der Waals surface area contributed by atoms with Gasteiger partial charge in [-0.05, 0) is 55.6 Å². The third-order valence-corrected chi connectivity index (χ3v) is 5.50. The first-order valence-corrected chi connectivity index (χ1v) is 10.1. The average Bonchev–Trinajstić information content (AvgIpc) is 3.21. The zero-order valence-electron chi connectivity index (χ0n) is 17.4. The minimum Gasteiger partial charge on any atom is -0.465 e. The summed E-state index contributed by atoms with van der Waals surface area (Å²) in [4.78, 5) is 26.3. The van der Waals surface area contributed by atoms with Gasteiger partial charge in [-0.1, -0.05) is 30.3 Å². The number of halogens is 3. The second kappa shape index (κ2) is 9.51. The monoisotopic (exact) mass is 434 g/mol. The van der Waals surface area contributed by atoms with Crippen molar-refractivity contribution in [2.75, 3.05) is 13.7 Å². The number of amides is 1. The Morgan fingerprint density at radius 1 is 1.19 bits per heavy atom. The van der Waals surface area contributed by atoms with Crippen LogP contribution in [0.5, 0.6) is 0 Å². The summed E-state index contributed by atoms with van der Waals surface area (Å²) in [5.74, 6) is -0.589. The van der Waals surface area contributed by atoms with Crippen LogP contribution in [0, 0.1) is 0 Å². The molecule has 2 aromatic rings. The van der Waals surface area contributed by atoms with E-state index in [9.17, 15) is 22.8 Å². The molecule has 0 spiro atoms. The summed E-state index contributed by atoms with van der Waals surface area (Å²) in [6.45, 7) is 2.78. The van der Waals surface area contributed by atoms with Crippen LogP contribution >= 0.6 is 0 Å². The van der Waals surface area contributed by atoms with Gasteiger partial charge in [-0.3, -0.25) is 9.69 Å². The van der Waals surface area contributed by atoms with Gasteiger partial charge in [-0.25, -0.2) is 4.79 Å². The SMILES string of the molecule is COC(=O)c1ccc([C@H](C)NC(=O)C2CCCN2Cc2cccc(C(F)(F)F)c2)cc1. The first-order chi connectivity index (χ1) is 14.7. The van der Waals surface area contributed by atoms with E-state index in [1.165, 1.54) is 13.2 Å². The van der Waals surface area contributed by atoms with Crippen LogP contribution in [0.4, 0.5) is 13.2 Å². The van der Waals surface area contributed by atoms with Crippen molar-refractivity contribution in [1.29, 1.82) is 0 Å². The van der Waals surface area contributed by atoms with Gasteiger partial charge in [0, 0.05) is 6.54 Å². The summed E-state index contributed by atoms with van der Waals surface area (Å²) in [7, 11) is 1.31. The van der Waals surface area contributed by atoms with Crippen LogP contribution in [0.1, 0.15) is 52.9 Å². The number of nitrogens with zero attached hydrogens (tertiary/aromatic N) is 1. The maximum absolute atomic E-state index is 13.0. The van der Waals surface area contributed by atoms with Gasteiger partial charge in [-0.2, -0.15) is 13.2 Å². The van der Waals surface area contributed by atoms with Crippen LogP contribution in [0.3, 0.4) is 0 Å². The maximum atomic E-state index is 13.0. The Morgan fingerprint density at radius 2 is 1.90 bits per heavy atom. The molecular formula is C23H25F3N2O3. The number of benzene rings is 2. The van der Waals surface area contributed by atoms with Crippen LogP contribution in [0.2, 0.25) is 0 Å². The van der Waals surface area contributed by atoms with E-state index in [4.69, 9.17) is 0 Å². The van der Waals surface area contributed by atoms with Crippen LogP contribution in [0.25, 0.3) is 0 Å². The third-order valence-electron chi connectivity index (χ3n) is 5.50. The number of methoxy groups -OCH3 is 1. The van der Waals surface area contributed by atoms with Gasteiger partial charge in [0.05, 0.1) is 30.3 Å². The van der Waals surface area contributed by atoms with Crippen molar-refractivity contribution >= 4 is 11.9 Å². The van der Waals surface area contributed by atoms with E-state index in [-0.39, 0.29) is 18.5 Å². The van der Waals surface area contributed by atoms with Gasteiger partial charge in [-0.15, -0.1) is 0 Å². The average molecular weight is 434 g/mol. The number of nitrogens with one attached hydrogen (secondary N) is 1. The molecular weight excluding hydrogens is 409 g/mol. The summed E-state index contributed by atoms with van der Waals surface area (Å²) >= 11 is 0. The lowest BCUT2D eigenvalue weighted by Gasteiger charge is -2.26. The summed E-state index contributed by atoms with van der Waals surface area (Å²) in [5.41, 5.74) is 1.10.